The Hall–Kier alpha value is -0.870. The highest BCUT2D eigenvalue weighted by molar-refractivity contribution is 5.87. The SMILES string of the molecule is C=C(C)C(=O)OC1(CCCCOC2CCCCO2)C2CC3CC(C2)CC1C3. The second-order valence-electron chi connectivity index (χ2n) is 9.55. The van der Waals surface area contributed by atoms with Crippen LogP contribution in [0.25, 0.3) is 0 Å². The lowest BCUT2D eigenvalue weighted by molar-refractivity contribution is -0.209. The van der Waals surface area contributed by atoms with Gasteiger partial charge in [0.05, 0.1) is 0 Å². The minimum absolute atomic E-state index is 0.00451. The second-order valence-corrected chi connectivity index (χ2v) is 9.55. The number of carbonyl (C=O) groups excluding carboxylic acids is 1. The molecule has 1 atom stereocenters. The molecule has 0 aromatic carbocycles. The highest BCUT2D eigenvalue weighted by Gasteiger charge is 2.59. The molecule has 0 amide bonds. The molecule has 0 spiro atoms. The fourth-order valence-corrected chi connectivity index (χ4v) is 6.43. The first-order valence-corrected chi connectivity index (χ1v) is 11.2. The van der Waals surface area contributed by atoms with E-state index in [1.807, 2.05) is 0 Å². The molecule has 5 fully saturated rings. The highest BCUT2D eigenvalue weighted by atomic mass is 16.7. The molecular weight excluding hydrogens is 340 g/mol. The van der Waals surface area contributed by atoms with Crippen molar-refractivity contribution in [3.05, 3.63) is 12.2 Å². The molecule has 4 heteroatoms. The minimum Gasteiger partial charge on any atom is -0.455 e. The Morgan fingerprint density at radius 3 is 2.37 bits per heavy atom. The number of unbranched alkanes of at least 4 members (excludes halogenated alkanes) is 1. The van der Waals surface area contributed by atoms with Gasteiger partial charge >= 0.3 is 5.97 Å². The van der Waals surface area contributed by atoms with Crippen molar-refractivity contribution in [1.29, 1.82) is 0 Å². The Bertz CT molecular complexity index is 521. The maximum atomic E-state index is 12.5. The first-order valence-electron chi connectivity index (χ1n) is 11.2. The van der Waals surface area contributed by atoms with E-state index in [2.05, 4.69) is 6.58 Å². The van der Waals surface area contributed by atoms with Gasteiger partial charge in [-0.15, -0.1) is 0 Å². The van der Waals surface area contributed by atoms with Gasteiger partial charge in [-0.3, -0.25) is 0 Å². The van der Waals surface area contributed by atoms with Crippen molar-refractivity contribution in [1.82, 2.24) is 0 Å². The third-order valence-corrected chi connectivity index (χ3v) is 7.55. The van der Waals surface area contributed by atoms with Gasteiger partial charge in [-0.05, 0) is 101 Å². The Morgan fingerprint density at radius 1 is 1.07 bits per heavy atom. The van der Waals surface area contributed by atoms with E-state index in [1.54, 1.807) is 6.92 Å². The number of hydrogen-bond donors (Lipinski definition) is 0. The van der Waals surface area contributed by atoms with Crippen LogP contribution in [-0.4, -0.2) is 31.1 Å². The highest BCUT2D eigenvalue weighted by Crippen LogP contribution is 2.61. The molecule has 0 radical (unpaired) electrons. The van der Waals surface area contributed by atoms with E-state index in [9.17, 15) is 4.79 Å². The number of esters is 1. The predicted molar refractivity (Wildman–Crippen MR) is 104 cm³/mol. The number of carbonyl (C=O) groups is 1. The quantitative estimate of drug-likeness (QED) is 0.339. The van der Waals surface area contributed by atoms with Gasteiger partial charge < -0.3 is 14.2 Å². The van der Waals surface area contributed by atoms with Crippen molar-refractivity contribution in [2.24, 2.45) is 23.7 Å². The molecule has 0 aromatic rings. The lowest BCUT2D eigenvalue weighted by Gasteiger charge is -2.60. The standard InChI is InChI=1S/C23H36O4/c1-16(2)22(24)27-23(8-4-6-10-26-21-7-3-5-9-25-21)19-12-17-11-18(14-19)15-20(23)13-17/h17-21H,1,3-15H2,2H3. The first-order chi connectivity index (χ1) is 13.1. The van der Waals surface area contributed by atoms with E-state index in [4.69, 9.17) is 14.2 Å². The zero-order chi connectivity index (χ0) is 18.9. The summed E-state index contributed by atoms with van der Waals surface area (Å²) in [6.45, 7) is 7.17. The van der Waals surface area contributed by atoms with Crippen molar-refractivity contribution in [2.75, 3.05) is 13.2 Å². The van der Waals surface area contributed by atoms with Crippen LogP contribution >= 0.6 is 0 Å². The predicted octanol–water partition coefficient (Wildman–Crippen LogP) is 5.01. The lowest BCUT2D eigenvalue weighted by Crippen LogP contribution is -2.59. The van der Waals surface area contributed by atoms with Crippen LogP contribution < -0.4 is 0 Å². The maximum Gasteiger partial charge on any atom is 0.333 e. The van der Waals surface area contributed by atoms with Gasteiger partial charge in [0.25, 0.3) is 0 Å². The van der Waals surface area contributed by atoms with Crippen LogP contribution in [-0.2, 0) is 19.0 Å². The summed E-state index contributed by atoms with van der Waals surface area (Å²) in [4.78, 5) is 12.5. The maximum absolute atomic E-state index is 12.5. The summed E-state index contributed by atoms with van der Waals surface area (Å²) in [6.07, 6.45) is 12.8. The topological polar surface area (TPSA) is 44.8 Å². The van der Waals surface area contributed by atoms with E-state index in [-0.39, 0.29) is 17.9 Å². The molecule has 5 aliphatic rings. The van der Waals surface area contributed by atoms with Crippen LogP contribution in [0.1, 0.15) is 77.6 Å². The van der Waals surface area contributed by atoms with Crippen LogP contribution in [0.3, 0.4) is 0 Å². The monoisotopic (exact) mass is 376 g/mol. The van der Waals surface area contributed by atoms with Crippen molar-refractivity contribution < 1.29 is 19.0 Å². The summed E-state index contributed by atoms with van der Waals surface area (Å²) < 4.78 is 17.8. The molecule has 5 rings (SSSR count). The Morgan fingerprint density at radius 2 is 1.78 bits per heavy atom. The summed E-state index contributed by atoms with van der Waals surface area (Å²) in [6, 6.07) is 0. The summed E-state index contributed by atoms with van der Waals surface area (Å²) in [5.74, 6) is 2.67. The summed E-state index contributed by atoms with van der Waals surface area (Å²) in [5.41, 5.74) is 0.283. The molecule has 1 saturated heterocycles. The average Bonchev–Trinajstić information content (AvgIpc) is 2.65. The molecule has 27 heavy (non-hydrogen) atoms. The second kappa shape index (κ2) is 8.24. The first kappa shape index (κ1) is 19.4. The van der Waals surface area contributed by atoms with E-state index in [1.165, 1.54) is 38.5 Å². The fraction of sp³-hybridized carbons (Fsp3) is 0.870. The number of ether oxygens (including phenoxy) is 3. The van der Waals surface area contributed by atoms with Crippen LogP contribution in [0.2, 0.25) is 0 Å². The van der Waals surface area contributed by atoms with Crippen molar-refractivity contribution in [3.8, 4) is 0 Å². The zero-order valence-electron chi connectivity index (χ0n) is 16.9. The van der Waals surface area contributed by atoms with Gasteiger partial charge in [-0.1, -0.05) is 6.58 Å². The van der Waals surface area contributed by atoms with E-state index in [0.717, 1.165) is 57.2 Å². The molecule has 1 heterocycles. The molecule has 4 nitrogen and oxygen atoms in total. The third kappa shape index (κ3) is 4.12. The van der Waals surface area contributed by atoms with Gasteiger partial charge in [0.15, 0.2) is 6.29 Å². The molecule has 1 unspecified atom stereocenters. The summed E-state index contributed by atoms with van der Waals surface area (Å²) in [5, 5.41) is 0. The third-order valence-electron chi connectivity index (χ3n) is 7.55. The van der Waals surface area contributed by atoms with Gasteiger partial charge in [0.2, 0.25) is 0 Å². The molecule has 4 bridgehead atoms. The molecule has 4 saturated carbocycles. The van der Waals surface area contributed by atoms with Crippen molar-refractivity contribution in [2.45, 2.75) is 89.4 Å². The Balaban J connectivity index is 1.34. The summed E-state index contributed by atoms with van der Waals surface area (Å²) in [7, 11) is 0. The van der Waals surface area contributed by atoms with Crippen LogP contribution in [0.4, 0.5) is 0 Å². The minimum atomic E-state index is -0.245. The van der Waals surface area contributed by atoms with Crippen LogP contribution in [0, 0.1) is 23.7 Å². The van der Waals surface area contributed by atoms with Gasteiger partial charge in [-0.2, -0.15) is 0 Å². The van der Waals surface area contributed by atoms with E-state index < -0.39 is 0 Å². The summed E-state index contributed by atoms with van der Waals surface area (Å²) >= 11 is 0. The van der Waals surface area contributed by atoms with Crippen molar-refractivity contribution in [3.63, 3.8) is 0 Å². The smallest absolute Gasteiger partial charge is 0.333 e. The van der Waals surface area contributed by atoms with Gasteiger partial charge in [0.1, 0.15) is 5.60 Å². The van der Waals surface area contributed by atoms with Gasteiger partial charge in [0, 0.05) is 18.8 Å². The molecule has 0 N–H and O–H groups in total. The number of rotatable bonds is 8. The normalized spacial score (nSPS) is 40.1. The lowest BCUT2D eigenvalue weighted by atomic mass is 9.49. The van der Waals surface area contributed by atoms with E-state index in [0.29, 0.717) is 17.4 Å². The van der Waals surface area contributed by atoms with E-state index >= 15 is 0 Å². The van der Waals surface area contributed by atoms with Crippen molar-refractivity contribution >= 4 is 5.97 Å². The molecular formula is C23H36O4. The molecule has 4 aliphatic carbocycles. The molecule has 1 aliphatic heterocycles. The largest absolute Gasteiger partial charge is 0.455 e. The van der Waals surface area contributed by atoms with Gasteiger partial charge in [-0.25, -0.2) is 4.79 Å². The number of hydrogen-bond acceptors (Lipinski definition) is 4. The Labute approximate surface area is 164 Å². The van der Waals surface area contributed by atoms with Crippen LogP contribution in [0.15, 0.2) is 12.2 Å². The molecule has 0 aromatic heterocycles. The Kier molecular flexibility index (Phi) is 5.94. The van der Waals surface area contributed by atoms with Crippen LogP contribution in [0.5, 0.6) is 0 Å². The fourth-order valence-electron chi connectivity index (χ4n) is 6.43. The average molecular weight is 377 g/mol. The zero-order valence-corrected chi connectivity index (χ0v) is 16.9. The molecule has 152 valence electrons.